The van der Waals surface area contributed by atoms with Crippen LogP contribution in [0.15, 0.2) is 60.7 Å². The van der Waals surface area contributed by atoms with Crippen LogP contribution in [0, 0.1) is 0 Å². The summed E-state index contributed by atoms with van der Waals surface area (Å²) in [5.74, 6) is -0.565. The molecule has 34 heavy (non-hydrogen) atoms. The first-order chi connectivity index (χ1) is 16.3. The van der Waals surface area contributed by atoms with Crippen molar-refractivity contribution in [3.05, 3.63) is 71.8 Å². The molecule has 3 atom stereocenters. The number of likely N-dealkylation sites (tertiary alicyclic amines) is 1. The summed E-state index contributed by atoms with van der Waals surface area (Å²) in [6.45, 7) is 2.09. The van der Waals surface area contributed by atoms with E-state index in [2.05, 4.69) is 5.32 Å². The fourth-order valence-corrected chi connectivity index (χ4v) is 4.51. The molecule has 8 heteroatoms. The van der Waals surface area contributed by atoms with E-state index in [0.29, 0.717) is 24.8 Å². The van der Waals surface area contributed by atoms with Crippen molar-refractivity contribution < 1.29 is 28.8 Å². The second kappa shape index (κ2) is 11.1. The molecule has 0 bridgehead atoms. The van der Waals surface area contributed by atoms with E-state index in [1.54, 1.807) is 31.2 Å². The van der Waals surface area contributed by atoms with E-state index in [4.69, 9.17) is 0 Å². The van der Waals surface area contributed by atoms with Crippen molar-refractivity contribution in [2.24, 2.45) is 0 Å². The molecule has 2 aromatic rings. The molecule has 0 spiro atoms. The number of Topliss-reactive ketones (excluding diaryl/α,β-unsaturated/α-hetero) is 1. The Labute approximate surface area is 199 Å². The van der Waals surface area contributed by atoms with Gasteiger partial charge in [-0.1, -0.05) is 48.5 Å². The van der Waals surface area contributed by atoms with E-state index in [1.807, 2.05) is 36.4 Å². The zero-order valence-corrected chi connectivity index (χ0v) is 19.6. The third kappa shape index (κ3) is 5.51. The van der Waals surface area contributed by atoms with Crippen molar-refractivity contribution in [2.45, 2.75) is 44.7 Å². The first-order valence-corrected chi connectivity index (χ1v) is 11.5. The van der Waals surface area contributed by atoms with Gasteiger partial charge in [0, 0.05) is 38.4 Å². The maximum absolute atomic E-state index is 13.2. The number of hydrogen-bond acceptors (Lipinski definition) is 4. The van der Waals surface area contributed by atoms with E-state index >= 15 is 0 Å². The van der Waals surface area contributed by atoms with Crippen molar-refractivity contribution >= 4 is 23.8 Å². The molecule has 0 aromatic heterocycles. The van der Waals surface area contributed by atoms with Gasteiger partial charge in [-0.3, -0.25) is 14.5 Å². The van der Waals surface area contributed by atoms with Crippen LogP contribution in [0.4, 0.5) is 9.59 Å². The van der Waals surface area contributed by atoms with Crippen LogP contribution >= 0.6 is 0 Å². The minimum atomic E-state index is -1.16. The smallest absolute Gasteiger partial charge is 0.435 e. The third-order valence-corrected chi connectivity index (χ3v) is 6.60. The Bertz CT molecular complexity index is 1030. The Hall–Kier alpha value is -3.52. The van der Waals surface area contributed by atoms with Gasteiger partial charge in [-0.15, -0.1) is 4.48 Å². The van der Waals surface area contributed by atoms with E-state index < -0.39 is 22.6 Å². The zero-order valence-electron chi connectivity index (χ0n) is 19.6. The quantitative estimate of drug-likeness (QED) is 0.577. The largest absolute Gasteiger partial charge is 0.523 e. The molecule has 4 amide bonds. The molecule has 1 fully saturated rings. The molecular weight excluding hydrogens is 434 g/mol. The van der Waals surface area contributed by atoms with Gasteiger partial charge < -0.3 is 10.4 Å². The predicted molar refractivity (Wildman–Crippen MR) is 127 cm³/mol. The van der Waals surface area contributed by atoms with Crippen LogP contribution in [0.5, 0.6) is 0 Å². The summed E-state index contributed by atoms with van der Waals surface area (Å²) in [6, 6.07) is 16.5. The van der Waals surface area contributed by atoms with E-state index in [9.17, 15) is 24.3 Å². The summed E-state index contributed by atoms with van der Waals surface area (Å²) >= 11 is 0. The lowest BCUT2D eigenvalue weighted by molar-refractivity contribution is -0.790. The molecule has 1 heterocycles. The Balaban J connectivity index is 1.70. The van der Waals surface area contributed by atoms with Crippen molar-refractivity contribution in [3.8, 4) is 0 Å². The maximum Gasteiger partial charge on any atom is 0.523 e. The van der Waals surface area contributed by atoms with Gasteiger partial charge in [0.2, 0.25) is 0 Å². The van der Waals surface area contributed by atoms with Gasteiger partial charge in [0.1, 0.15) is 6.04 Å². The Morgan fingerprint density at radius 2 is 1.68 bits per heavy atom. The number of ketones is 1. The molecular formula is C26H32N3O5+. The number of imide groups is 1. The second-order valence-electron chi connectivity index (χ2n) is 8.87. The molecule has 2 N–H and O–H groups in total. The molecule has 8 nitrogen and oxygen atoms in total. The van der Waals surface area contributed by atoms with Gasteiger partial charge in [-0.2, -0.15) is 4.79 Å². The highest BCUT2D eigenvalue weighted by Crippen LogP contribution is 2.29. The highest BCUT2D eigenvalue weighted by molar-refractivity contribution is 5.98. The average Bonchev–Trinajstić information content (AvgIpc) is 3.24. The van der Waals surface area contributed by atoms with Crippen LogP contribution in [0.1, 0.15) is 42.1 Å². The molecule has 0 radical (unpaired) electrons. The molecule has 0 saturated carbocycles. The standard InChI is InChI=1S/C26H31N3O5/c1-19-10-9-17-29(19,26(33)34)25(32)28(2)16-15-23(30)22(18-20-11-5-3-6-12-20)27-24(31)21-13-7-4-8-14-21/h3-8,11-14,19,22H,9-10,15-18H2,1-2H3,(H-,27,31,33,34)/p+1/t19-,22?,29?/m1/s1. The third-order valence-electron chi connectivity index (χ3n) is 6.60. The maximum atomic E-state index is 13.2. The fourth-order valence-electron chi connectivity index (χ4n) is 4.51. The molecule has 2 unspecified atom stereocenters. The number of carbonyl (C=O) groups is 4. The number of benzene rings is 2. The van der Waals surface area contributed by atoms with E-state index in [1.165, 1.54) is 11.9 Å². The summed E-state index contributed by atoms with van der Waals surface area (Å²) < 4.78 is -0.636. The van der Waals surface area contributed by atoms with Gasteiger partial charge >= 0.3 is 12.1 Å². The number of quaternary nitrogens is 1. The Kier molecular flexibility index (Phi) is 8.17. The number of urea groups is 1. The lowest BCUT2D eigenvalue weighted by atomic mass is 10.00. The van der Waals surface area contributed by atoms with E-state index in [0.717, 1.165) is 5.56 Å². The molecule has 3 rings (SSSR count). The number of carbonyl (C=O) groups excluding carboxylic acids is 3. The van der Waals surface area contributed by atoms with Crippen LogP contribution in [-0.4, -0.2) is 70.5 Å². The molecule has 1 aliphatic heterocycles. The Morgan fingerprint density at radius 3 is 2.24 bits per heavy atom. The molecule has 0 aliphatic carbocycles. The first kappa shape index (κ1) is 25.1. The normalized spacial score (nSPS) is 20.4. The number of rotatable bonds is 8. The fraction of sp³-hybridized carbons (Fsp3) is 0.385. The summed E-state index contributed by atoms with van der Waals surface area (Å²) in [5.41, 5.74) is 1.36. The number of nitrogens with one attached hydrogen (secondary N) is 1. The summed E-state index contributed by atoms with van der Waals surface area (Å²) in [4.78, 5) is 52.3. The highest BCUT2D eigenvalue weighted by Gasteiger charge is 2.54. The summed E-state index contributed by atoms with van der Waals surface area (Å²) in [5, 5.41) is 12.6. The lowest BCUT2D eigenvalue weighted by Gasteiger charge is -2.33. The lowest BCUT2D eigenvalue weighted by Crippen LogP contribution is -2.62. The van der Waals surface area contributed by atoms with Gasteiger partial charge in [0.05, 0.1) is 12.6 Å². The predicted octanol–water partition coefficient (Wildman–Crippen LogP) is 3.72. The van der Waals surface area contributed by atoms with Crippen LogP contribution in [0.25, 0.3) is 0 Å². The number of amides is 4. The summed E-state index contributed by atoms with van der Waals surface area (Å²) in [7, 11) is 1.53. The van der Waals surface area contributed by atoms with Gasteiger partial charge in [-0.05, 0) is 31.0 Å². The first-order valence-electron chi connectivity index (χ1n) is 11.5. The van der Waals surface area contributed by atoms with Crippen molar-refractivity contribution in [3.63, 3.8) is 0 Å². The van der Waals surface area contributed by atoms with Crippen molar-refractivity contribution in [1.29, 1.82) is 0 Å². The zero-order chi connectivity index (χ0) is 24.7. The highest BCUT2D eigenvalue weighted by atomic mass is 16.4. The molecule has 1 aliphatic rings. The van der Waals surface area contributed by atoms with Crippen LogP contribution < -0.4 is 5.32 Å². The van der Waals surface area contributed by atoms with Crippen molar-refractivity contribution in [1.82, 2.24) is 10.2 Å². The monoisotopic (exact) mass is 466 g/mol. The van der Waals surface area contributed by atoms with Crippen LogP contribution in [-0.2, 0) is 11.2 Å². The van der Waals surface area contributed by atoms with E-state index in [-0.39, 0.29) is 37.2 Å². The van der Waals surface area contributed by atoms with Crippen LogP contribution in [0.3, 0.4) is 0 Å². The topological polar surface area (TPSA) is 104 Å². The SMILES string of the molecule is C[C@@H]1CCC[N+]1(C(=O)O)C(=O)N(C)CCC(=O)C(Cc1ccccc1)NC(=O)c1ccccc1. The molecule has 180 valence electrons. The van der Waals surface area contributed by atoms with Gasteiger partial charge in [0.15, 0.2) is 5.78 Å². The Morgan fingerprint density at radius 1 is 1.06 bits per heavy atom. The summed E-state index contributed by atoms with van der Waals surface area (Å²) in [6.07, 6.45) is 0.488. The minimum absolute atomic E-state index is 0.00279. The second-order valence-corrected chi connectivity index (χ2v) is 8.87. The number of carboxylic acid groups (broad SMARTS) is 1. The minimum Gasteiger partial charge on any atom is -0.435 e. The number of hydrogen-bond donors (Lipinski definition) is 2. The van der Waals surface area contributed by atoms with Gasteiger partial charge in [0.25, 0.3) is 5.91 Å². The molecule has 1 saturated heterocycles. The average molecular weight is 467 g/mol. The van der Waals surface area contributed by atoms with Gasteiger partial charge in [-0.25, -0.2) is 4.79 Å². The van der Waals surface area contributed by atoms with Crippen molar-refractivity contribution in [2.75, 3.05) is 20.1 Å². The van der Waals surface area contributed by atoms with Crippen LogP contribution in [0.2, 0.25) is 0 Å². The number of nitrogens with zero attached hydrogens (tertiary/aromatic N) is 2. The molecule has 2 aromatic carbocycles.